The summed E-state index contributed by atoms with van der Waals surface area (Å²) in [7, 11) is 0. The largest absolute Gasteiger partial charge is 0.349 e. The minimum Gasteiger partial charge on any atom is -0.349 e. The van der Waals surface area contributed by atoms with E-state index in [9.17, 15) is 9.59 Å². The normalized spacial score (nSPS) is 28.8. The van der Waals surface area contributed by atoms with Crippen LogP contribution in [0.3, 0.4) is 0 Å². The van der Waals surface area contributed by atoms with Crippen molar-refractivity contribution < 1.29 is 9.59 Å². The Kier molecular flexibility index (Phi) is 6.21. The molecular weight excluding hydrogens is 472 g/mol. The molecule has 3 bridgehead atoms. The molecule has 3 N–H and O–H groups in total. The smallest absolute Gasteiger partial charge is 0.251 e. The number of hydrogen-bond donors (Lipinski definition) is 3. The van der Waals surface area contributed by atoms with E-state index in [1.807, 2.05) is 42.5 Å². The van der Waals surface area contributed by atoms with Gasteiger partial charge < -0.3 is 15.6 Å². The van der Waals surface area contributed by atoms with Crippen LogP contribution in [0.2, 0.25) is 0 Å². The highest BCUT2D eigenvalue weighted by Gasteiger charge is 2.48. The zero-order chi connectivity index (χ0) is 25.6. The molecule has 0 aliphatic heterocycles. The van der Waals surface area contributed by atoms with Crippen LogP contribution in [0.15, 0.2) is 42.5 Å². The number of amides is 2. The summed E-state index contributed by atoms with van der Waals surface area (Å²) < 4.78 is 0. The maximum Gasteiger partial charge on any atom is 0.251 e. The Hall–Kier alpha value is -3.15. The molecule has 2 aromatic carbocycles. The van der Waals surface area contributed by atoms with Gasteiger partial charge >= 0.3 is 0 Å². The van der Waals surface area contributed by atoms with Crippen molar-refractivity contribution in [3.05, 3.63) is 48.0 Å². The Bertz CT molecular complexity index is 1340. The number of H-pyrrole nitrogens is 1. The SMILES string of the molecule is O=C(NC1C2CC3C[C@@H]1CCC[C@H]3C2)c1ccc2[nH]c(-c3ccc(NC(=O)C4CCCCC4)cc3)nc2c1. The molecule has 5 atom stereocenters. The third-order valence-corrected chi connectivity index (χ3v) is 10.1. The zero-order valence-electron chi connectivity index (χ0n) is 22.0. The van der Waals surface area contributed by atoms with Gasteiger partial charge in [0.2, 0.25) is 5.91 Å². The molecule has 4 fully saturated rings. The topological polar surface area (TPSA) is 86.9 Å². The number of hydrogen-bond acceptors (Lipinski definition) is 3. The number of nitrogens with zero attached hydrogens (tertiary/aromatic N) is 1. The van der Waals surface area contributed by atoms with Crippen molar-refractivity contribution in [1.29, 1.82) is 0 Å². The van der Waals surface area contributed by atoms with Crippen LogP contribution < -0.4 is 10.6 Å². The Morgan fingerprint density at radius 3 is 2.39 bits per heavy atom. The lowest BCUT2D eigenvalue weighted by atomic mass is 9.75. The summed E-state index contributed by atoms with van der Waals surface area (Å²) in [5.41, 5.74) is 4.17. The van der Waals surface area contributed by atoms with E-state index in [2.05, 4.69) is 15.6 Å². The van der Waals surface area contributed by atoms with Gasteiger partial charge in [0.25, 0.3) is 5.91 Å². The van der Waals surface area contributed by atoms with Crippen molar-refractivity contribution in [2.75, 3.05) is 5.32 Å². The van der Waals surface area contributed by atoms with Gasteiger partial charge in [0.05, 0.1) is 11.0 Å². The van der Waals surface area contributed by atoms with Crippen LogP contribution in [0.1, 0.15) is 81.0 Å². The predicted octanol–water partition coefficient (Wildman–Crippen LogP) is 6.69. The van der Waals surface area contributed by atoms with Crippen LogP contribution in [0.4, 0.5) is 5.69 Å². The fraction of sp³-hybridized carbons (Fsp3) is 0.531. The maximum absolute atomic E-state index is 13.3. The molecule has 0 saturated heterocycles. The van der Waals surface area contributed by atoms with Crippen LogP contribution in [0.5, 0.6) is 0 Å². The number of rotatable bonds is 5. The standard InChI is InChI=1S/C32H38N4O2/c37-31(20-5-2-1-3-6-20)33-26-12-9-19(10-13-26)30-34-27-14-11-23(18-28(27)35-30)32(38)36-29-22-8-4-7-21-15-25(29)17-24(21)16-22/h9-14,18,20-22,24-25,29H,1-8,15-17H2,(H,33,37)(H,34,35)(H,36,38)/t21-,22-,24?,25?,29?/m0/s1. The second kappa shape index (κ2) is 9.87. The zero-order valence-corrected chi connectivity index (χ0v) is 22.0. The van der Waals surface area contributed by atoms with Crippen molar-refractivity contribution >= 4 is 28.5 Å². The molecule has 4 aliphatic rings. The average molecular weight is 511 g/mol. The molecule has 0 radical (unpaired) electrons. The highest BCUT2D eigenvalue weighted by atomic mass is 16.2. The molecule has 198 valence electrons. The molecule has 1 heterocycles. The van der Waals surface area contributed by atoms with Crippen LogP contribution >= 0.6 is 0 Å². The van der Waals surface area contributed by atoms with E-state index in [1.165, 1.54) is 44.9 Å². The van der Waals surface area contributed by atoms with E-state index in [-0.39, 0.29) is 17.7 Å². The molecule has 3 unspecified atom stereocenters. The Balaban J connectivity index is 1.04. The van der Waals surface area contributed by atoms with Crippen molar-refractivity contribution in [2.45, 2.75) is 76.7 Å². The van der Waals surface area contributed by atoms with Gasteiger partial charge in [-0.1, -0.05) is 32.1 Å². The lowest BCUT2D eigenvalue weighted by Crippen LogP contribution is -2.47. The fourth-order valence-electron chi connectivity index (χ4n) is 8.13. The quantitative estimate of drug-likeness (QED) is 0.357. The second-order valence-electron chi connectivity index (χ2n) is 12.4. The number of fused-ring (bicyclic) bond motifs is 3. The van der Waals surface area contributed by atoms with Gasteiger partial charge in [0.1, 0.15) is 5.82 Å². The van der Waals surface area contributed by atoms with E-state index in [0.29, 0.717) is 23.4 Å². The maximum atomic E-state index is 13.3. The fourth-order valence-corrected chi connectivity index (χ4v) is 8.13. The van der Waals surface area contributed by atoms with Gasteiger partial charge in [-0.05, 0) is 105 Å². The molecule has 0 spiro atoms. The van der Waals surface area contributed by atoms with Gasteiger partial charge in [-0.2, -0.15) is 0 Å². The summed E-state index contributed by atoms with van der Waals surface area (Å²) >= 11 is 0. The first-order valence-electron chi connectivity index (χ1n) is 14.8. The molecule has 3 aromatic rings. The minimum atomic E-state index is 0.0342. The summed E-state index contributed by atoms with van der Waals surface area (Å²) in [5.74, 6) is 4.17. The summed E-state index contributed by atoms with van der Waals surface area (Å²) in [4.78, 5) is 34.1. The number of benzene rings is 2. The molecule has 1 aromatic heterocycles. The first-order valence-corrected chi connectivity index (χ1v) is 14.8. The van der Waals surface area contributed by atoms with Gasteiger partial charge in [-0.3, -0.25) is 9.59 Å². The van der Waals surface area contributed by atoms with Gasteiger partial charge in [0.15, 0.2) is 0 Å². The van der Waals surface area contributed by atoms with Crippen LogP contribution in [0, 0.1) is 29.6 Å². The Morgan fingerprint density at radius 1 is 0.789 bits per heavy atom. The summed E-state index contributed by atoms with van der Waals surface area (Å²) in [6, 6.07) is 14.0. The number of imidazole rings is 1. The van der Waals surface area contributed by atoms with Crippen LogP contribution in [-0.4, -0.2) is 27.8 Å². The molecular formula is C32H38N4O2. The van der Waals surface area contributed by atoms with Crippen molar-refractivity contribution in [2.24, 2.45) is 29.6 Å². The summed E-state index contributed by atoms with van der Waals surface area (Å²) in [5, 5.41) is 6.53. The lowest BCUT2D eigenvalue weighted by molar-refractivity contribution is -0.120. The van der Waals surface area contributed by atoms with Gasteiger partial charge in [-0.25, -0.2) is 4.98 Å². The highest BCUT2D eigenvalue weighted by Crippen LogP contribution is 2.53. The number of aromatic nitrogens is 2. The third kappa shape index (κ3) is 4.52. The minimum absolute atomic E-state index is 0.0342. The third-order valence-electron chi connectivity index (χ3n) is 10.1. The Morgan fingerprint density at radius 2 is 1.55 bits per heavy atom. The molecule has 4 saturated carbocycles. The number of carbonyl (C=O) groups excluding carboxylic acids is 2. The van der Waals surface area contributed by atoms with E-state index >= 15 is 0 Å². The molecule has 2 amide bonds. The Labute approximate surface area is 224 Å². The van der Waals surface area contributed by atoms with E-state index in [4.69, 9.17) is 4.98 Å². The summed E-state index contributed by atoms with van der Waals surface area (Å²) in [6.45, 7) is 0. The van der Waals surface area contributed by atoms with Gasteiger partial charge in [-0.15, -0.1) is 0 Å². The monoisotopic (exact) mass is 510 g/mol. The van der Waals surface area contributed by atoms with Crippen molar-refractivity contribution in [3.8, 4) is 11.4 Å². The molecule has 4 aliphatic carbocycles. The molecule has 7 rings (SSSR count). The van der Waals surface area contributed by atoms with Gasteiger partial charge in [0, 0.05) is 28.8 Å². The number of anilines is 1. The number of nitrogens with one attached hydrogen (secondary N) is 3. The second-order valence-corrected chi connectivity index (χ2v) is 12.4. The molecule has 6 heteroatoms. The average Bonchev–Trinajstić information content (AvgIpc) is 3.47. The summed E-state index contributed by atoms with van der Waals surface area (Å²) in [6.07, 6.45) is 13.4. The molecule has 6 nitrogen and oxygen atoms in total. The van der Waals surface area contributed by atoms with Crippen LogP contribution in [-0.2, 0) is 4.79 Å². The first-order chi connectivity index (χ1) is 18.6. The van der Waals surface area contributed by atoms with Crippen molar-refractivity contribution in [3.63, 3.8) is 0 Å². The first kappa shape index (κ1) is 23.9. The molecule has 38 heavy (non-hydrogen) atoms. The lowest BCUT2D eigenvalue weighted by Gasteiger charge is -2.37. The predicted molar refractivity (Wildman–Crippen MR) is 150 cm³/mol. The van der Waals surface area contributed by atoms with E-state index in [1.54, 1.807) is 0 Å². The van der Waals surface area contributed by atoms with E-state index in [0.717, 1.165) is 65.6 Å². The number of carbonyl (C=O) groups is 2. The number of aromatic amines is 1. The highest BCUT2D eigenvalue weighted by molar-refractivity contribution is 5.98. The van der Waals surface area contributed by atoms with E-state index < -0.39 is 0 Å². The van der Waals surface area contributed by atoms with Crippen LogP contribution in [0.25, 0.3) is 22.4 Å². The van der Waals surface area contributed by atoms with Crippen molar-refractivity contribution in [1.82, 2.24) is 15.3 Å².